The molecule has 0 radical (unpaired) electrons. The van der Waals surface area contributed by atoms with E-state index in [1.807, 2.05) is 19.1 Å². The molecule has 4 nitrogen and oxygen atoms in total. The Morgan fingerprint density at radius 1 is 1.25 bits per heavy atom. The smallest absolute Gasteiger partial charge is 0.283 e. The third-order valence-corrected chi connectivity index (χ3v) is 3.97. The molecule has 2 aromatic carbocycles. The summed E-state index contributed by atoms with van der Waals surface area (Å²) in [5.41, 5.74) is 0.984. The van der Waals surface area contributed by atoms with Gasteiger partial charge in [-0.1, -0.05) is 35.5 Å². The van der Waals surface area contributed by atoms with Crippen molar-refractivity contribution >= 4 is 34.7 Å². The number of nitro benzene ring substituents is 1. The zero-order chi connectivity index (χ0) is 14.5. The maximum Gasteiger partial charge on any atom is 0.283 e. The summed E-state index contributed by atoms with van der Waals surface area (Å²) in [6.45, 7) is 2.74. The van der Waals surface area contributed by atoms with E-state index in [-0.39, 0.29) is 10.6 Å². The Kier molecular flexibility index (Phi) is 4.87. The summed E-state index contributed by atoms with van der Waals surface area (Å²) in [5, 5.41) is 14.9. The van der Waals surface area contributed by atoms with Gasteiger partial charge in [0.15, 0.2) is 0 Å². The van der Waals surface area contributed by atoms with E-state index in [1.54, 1.807) is 24.3 Å². The van der Waals surface area contributed by atoms with Gasteiger partial charge in [0.05, 0.1) is 9.82 Å². The third kappa shape index (κ3) is 3.43. The molecule has 0 spiro atoms. The molecule has 0 fully saturated rings. The Balaban J connectivity index is 2.37. The molecule has 2 rings (SSSR count). The topological polar surface area (TPSA) is 55.2 Å². The predicted octanol–water partition coefficient (Wildman–Crippen LogP) is 4.83. The third-order valence-electron chi connectivity index (χ3n) is 2.59. The van der Waals surface area contributed by atoms with Crippen molar-refractivity contribution in [3.63, 3.8) is 0 Å². The minimum Gasteiger partial charge on any atom is -0.384 e. The first-order valence-electron chi connectivity index (χ1n) is 6.06. The van der Waals surface area contributed by atoms with E-state index in [0.29, 0.717) is 9.92 Å². The molecule has 104 valence electrons. The average molecular weight is 309 g/mol. The van der Waals surface area contributed by atoms with Crippen molar-refractivity contribution in [2.24, 2.45) is 0 Å². The molecule has 0 aliphatic rings. The number of hydrogen-bond acceptors (Lipinski definition) is 4. The van der Waals surface area contributed by atoms with Crippen LogP contribution in [0.3, 0.4) is 0 Å². The van der Waals surface area contributed by atoms with Gasteiger partial charge < -0.3 is 5.32 Å². The Morgan fingerprint density at radius 3 is 2.70 bits per heavy atom. The minimum atomic E-state index is -0.370. The monoisotopic (exact) mass is 308 g/mol. The molecule has 1 N–H and O–H groups in total. The Labute approximate surface area is 126 Å². The number of nitro groups is 1. The average Bonchev–Trinajstić information content (AvgIpc) is 2.42. The van der Waals surface area contributed by atoms with Gasteiger partial charge in [-0.25, -0.2) is 0 Å². The van der Waals surface area contributed by atoms with Gasteiger partial charge in [-0.15, -0.1) is 0 Å². The number of benzene rings is 2. The second-order valence-electron chi connectivity index (χ2n) is 4.00. The lowest BCUT2D eigenvalue weighted by Crippen LogP contribution is -1.98. The van der Waals surface area contributed by atoms with Crippen LogP contribution >= 0.6 is 23.4 Å². The number of halogens is 1. The molecule has 0 unspecified atom stereocenters. The zero-order valence-corrected chi connectivity index (χ0v) is 12.4. The van der Waals surface area contributed by atoms with E-state index in [4.69, 9.17) is 11.6 Å². The summed E-state index contributed by atoms with van der Waals surface area (Å²) in [6.07, 6.45) is 0. The highest BCUT2D eigenvalue weighted by molar-refractivity contribution is 7.99. The summed E-state index contributed by atoms with van der Waals surface area (Å²) >= 11 is 7.33. The Bertz CT molecular complexity index is 634. The van der Waals surface area contributed by atoms with Crippen LogP contribution < -0.4 is 5.32 Å². The molecule has 0 saturated carbocycles. The van der Waals surface area contributed by atoms with Crippen LogP contribution in [0.4, 0.5) is 11.4 Å². The highest BCUT2D eigenvalue weighted by Crippen LogP contribution is 2.39. The summed E-state index contributed by atoms with van der Waals surface area (Å²) in [4.78, 5) is 12.2. The molecule has 0 aromatic heterocycles. The predicted molar refractivity (Wildman–Crippen MR) is 82.8 cm³/mol. The van der Waals surface area contributed by atoms with Crippen molar-refractivity contribution in [2.45, 2.75) is 16.7 Å². The summed E-state index contributed by atoms with van der Waals surface area (Å²) in [6, 6.07) is 12.2. The van der Waals surface area contributed by atoms with E-state index in [0.717, 1.165) is 17.1 Å². The lowest BCUT2D eigenvalue weighted by molar-refractivity contribution is -0.387. The zero-order valence-electron chi connectivity index (χ0n) is 10.8. The van der Waals surface area contributed by atoms with Crippen LogP contribution in [-0.2, 0) is 0 Å². The molecule has 0 aliphatic heterocycles. The van der Waals surface area contributed by atoms with Crippen molar-refractivity contribution in [3.05, 3.63) is 57.6 Å². The van der Waals surface area contributed by atoms with Gasteiger partial charge in [0.1, 0.15) is 0 Å². The van der Waals surface area contributed by atoms with E-state index in [1.165, 1.54) is 17.8 Å². The molecule has 0 atom stereocenters. The lowest BCUT2D eigenvalue weighted by atomic mass is 10.3. The standard InChI is InChI=1S/C14H13ClN2O2S/c1-2-16-11-9-10(15)7-8-13(11)20-14-6-4-3-5-12(14)17(18)19/h3-9,16H,2H2,1H3. The van der Waals surface area contributed by atoms with Gasteiger partial charge in [-0.05, 0) is 31.2 Å². The minimum absolute atomic E-state index is 0.106. The molecular formula is C14H13ClN2O2S. The van der Waals surface area contributed by atoms with E-state index in [9.17, 15) is 10.1 Å². The normalized spacial score (nSPS) is 10.3. The van der Waals surface area contributed by atoms with Gasteiger partial charge in [0.2, 0.25) is 0 Å². The summed E-state index contributed by atoms with van der Waals surface area (Å²) < 4.78 is 0. The van der Waals surface area contributed by atoms with E-state index >= 15 is 0 Å². The highest BCUT2D eigenvalue weighted by Gasteiger charge is 2.15. The van der Waals surface area contributed by atoms with Crippen molar-refractivity contribution in [3.8, 4) is 0 Å². The largest absolute Gasteiger partial charge is 0.384 e. The molecule has 0 amide bonds. The first-order chi connectivity index (χ1) is 9.61. The lowest BCUT2D eigenvalue weighted by Gasteiger charge is -2.11. The maximum atomic E-state index is 11.0. The number of nitrogens with one attached hydrogen (secondary N) is 1. The summed E-state index contributed by atoms with van der Waals surface area (Å²) in [7, 11) is 0. The number of nitrogens with zero attached hydrogens (tertiary/aromatic N) is 1. The molecule has 20 heavy (non-hydrogen) atoms. The van der Waals surface area contributed by atoms with E-state index < -0.39 is 0 Å². The van der Waals surface area contributed by atoms with Crippen LogP contribution in [0.5, 0.6) is 0 Å². The van der Waals surface area contributed by atoms with Crippen LogP contribution in [0.25, 0.3) is 0 Å². The van der Waals surface area contributed by atoms with Crippen LogP contribution in [0.2, 0.25) is 5.02 Å². The van der Waals surface area contributed by atoms with Crippen LogP contribution in [0.1, 0.15) is 6.92 Å². The van der Waals surface area contributed by atoms with Crippen LogP contribution in [-0.4, -0.2) is 11.5 Å². The van der Waals surface area contributed by atoms with Gasteiger partial charge in [-0.3, -0.25) is 10.1 Å². The molecule has 2 aromatic rings. The second-order valence-corrected chi connectivity index (χ2v) is 5.52. The number of rotatable bonds is 5. The first-order valence-corrected chi connectivity index (χ1v) is 7.26. The Morgan fingerprint density at radius 2 is 2.00 bits per heavy atom. The fourth-order valence-corrected chi connectivity index (χ4v) is 2.91. The Hall–Kier alpha value is -1.72. The second kappa shape index (κ2) is 6.63. The highest BCUT2D eigenvalue weighted by atomic mass is 35.5. The molecule has 6 heteroatoms. The maximum absolute atomic E-state index is 11.0. The van der Waals surface area contributed by atoms with Crippen molar-refractivity contribution in [1.29, 1.82) is 0 Å². The van der Waals surface area contributed by atoms with Crippen LogP contribution in [0.15, 0.2) is 52.3 Å². The number of para-hydroxylation sites is 1. The first kappa shape index (κ1) is 14.7. The van der Waals surface area contributed by atoms with Crippen molar-refractivity contribution in [2.75, 3.05) is 11.9 Å². The molecule has 0 saturated heterocycles. The van der Waals surface area contributed by atoms with Gasteiger partial charge >= 0.3 is 0 Å². The van der Waals surface area contributed by atoms with Gasteiger partial charge in [0, 0.05) is 28.2 Å². The SMILES string of the molecule is CCNc1cc(Cl)ccc1Sc1ccccc1[N+](=O)[O-]. The molecule has 0 heterocycles. The number of hydrogen-bond donors (Lipinski definition) is 1. The number of anilines is 1. The van der Waals surface area contributed by atoms with Crippen LogP contribution in [0, 0.1) is 10.1 Å². The fourth-order valence-electron chi connectivity index (χ4n) is 1.73. The van der Waals surface area contributed by atoms with Gasteiger partial charge in [0.25, 0.3) is 5.69 Å². The van der Waals surface area contributed by atoms with E-state index in [2.05, 4.69) is 5.32 Å². The van der Waals surface area contributed by atoms with Crippen molar-refractivity contribution < 1.29 is 4.92 Å². The molecule has 0 bridgehead atoms. The van der Waals surface area contributed by atoms with Gasteiger partial charge in [-0.2, -0.15) is 0 Å². The fraction of sp³-hybridized carbons (Fsp3) is 0.143. The quantitative estimate of drug-likeness (QED) is 0.635. The van der Waals surface area contributed by atoms with Crippen molar-refractivity contribution in [1.82, 2.24) is 0 Å². The molecule has 0 aliphatic carbocycles. The summed E-state index contributed by atoms with van der Waals surface area (Å²) in [5.74, 6) is 0. The molecular weight excluding hydrogens is 296 g/mol.